The minimum atomic E-state index is -4.11. The molecule has 2 unspecified atom stereocenters. The molecule has 0 aliphatic carbocycles. The Balaban J connectivity index is 4.33. The van der Waals surface area contributed by atoms with E-state index in [-0.39, 0.29) is 32.2 Å². The maximum Gasteiger partial charge on any atom is 0.634 e. The van der Waals surface area contributed by atoms with Crippen molar-refractivity contribution in [3.63, 3.8) is 0 Å². The number of quaternary nitrogens is 1. The van der Waals surface area contributed by atoms with E-state index in [1.165, 1.54) is 154 Å². The summed E-state index contributed by atoms with van der Waals surface area (Å²) in [5.41, 5.74) is 0. The van der Waals surface area contributed by atoms with Crippen molar-refractivity contribution in [2.75, 3.05) is 47.5 Å². The van der Waals surface area contributed by atoms with Gasteiger partial charge in [0, 0.05) is 19.3 Å². The van der Waals surface area contributed by atoms with E-state index in [0.29, 0.717) is 12.8 Å². The highest BCUT2D eigenvalue weighted by atomic mass is 31.2. The van der Waals surface area contributed by atoms with E-state index in [9.17, 15) is 14.2 Å². The van der Waals surface area contributed by atoms with Crippen LogP contribution in [-0.4, -0.2) is 74.9 Å². The van der Waals surface area contributed by atoms with Crippen molar-refractivity contribution in [1.29, 1.82) is 0 Å². The van der Waals surface area contributed by atoms with E-state index in [1.54, 1.807) is 0 Å². The Morgan fingerprint density at radius 1 is 0.491 bits per heavy atom. The molecule has 0 fully saturated rings. The van der Waals surface area contributed by atoms with Gasteiger partial charge in [0.2, 0.25) is 0 Å². The monoisotopic (exact) mass is 806 g/mol. The molecule has 0 radical (unpaired) electrons. The van der Waals surface area contributed by atoms with E-state index in [2.05, 4.69) is 35.0 Å². The zero-order valence-electron chi connectivity index (χ0n) is 37.0. The third-order valence-corrected chi connectivity index (χ3v) is 11.4. The van der Waals surface area contributed by atoms with Crippen molar-refractivity contribution in [3.8, 4) is 0 Å². The summed E-state index contributed by atoms with van der Waals surface area (Å²) in [6, 6.07) is 0. The average molecular weight is 806 g/mol. The molecule has 2 N–H and O–H groups in total. The summed E-state index contributed by atoms with van der Waals surface area (Å²) in [7, 11) is 2.05. The summed E-state index contributed by atoms with van der Waals surface area (Å²) in [4.78, 5) is 33.3. The molecule has 2 atom stereocenters. The number of hydrogen-bond acceptors (Lipinski definition) is 7. The first-order valence-corrected chi connectivity index (χ1v) is 24.8. The normalized spacial score (nSPS) is 13.5. The number of esters is 2. The summed E-state index contributed by atoms with van der Waals surface area (Å²) >= 11 is 0. The Kier molecular flexibility index (Phi) is 37.8. The smallest absolute Gasteiger partial charge is 0.462 e. The van der Waals surface area contributed by atoms with E-state index in [0.717, 1.165) is 49.6 Å². The molecule has 0 saturated carbocycles. The van der Waals surface area contributed by atoms with Crippen LogP contribution in [0.15, 0.2) is 0 Å². The lowest BCUT2D eigenvalue weighted by Crippen LogP contribution is -2.35. The SMILES string of the molecule is CCCCCCCCCCCCCCCCCC(=O)OCC(COP(=O)([OH2+])OCCC[N+](C)(C)C)OC(=O)CCCCCCCCCCCCCCCCC. The van der Waals surface area contributed by atoms with Gasteiger partial charge in [-0.05, 0) is 12.8 Å². The van der Waals surface area contributed by atoms with Crippen LogP contribution in [-0.2, 0) is 32.7 Å². The lowest BCUT2D eigenvalue weighted by atomic mass is 10.0. The number of carbonyl (C=O) groups is 2. The maximum atomic E-state index is 12.7. The number of hydrogen-bond donors (Lipinski definition) is 0. The van der Waals surface area contributed by atoms with Crippen LogP contribution in [0.4, 0.5) is 0 Å². The Morgan fingerprint density at radius 3 is 1.20 bits per heavy atom. The second-order valence-corrected chi connectivity index (χ2v) is 18.7. The molecule has 0 aliphatic rings. The predicted molar refractivity (Wildman–Crippen MR) is 231 cm³/mol. The van der Waals surface area contributed by atoms with E-state index in [1.807, 2.05) is 0 Å². The van der Waals surface area contributed by atoms with Gasteiger partial charge in [-0.3, -0.25) is 9.59 Å². The zero-order valence-corrected chi connectivity index (χ0v) is 37.9. The summed E-state index contributed by atoms with van der Waals surface area (Å²) in [6.07, 6.45) is 38.0. The van der Waals surface area contributed by atoms with Crippen LogP contribution >= 0.6 is 7.82 Å². The number of rotatable bonds is 43. The minimum Gasteiger partial charge on any atom is -0.462 e. The third-order valence-electron chi connectivity index (χ3n) is 10.4. The van der Waals surface area contributed by atoms with Crippen molar-refractivity contribution >= 4 is 19.8 Å². The maximum absolute atomic E-state index is 12.7. The Bertz CT molecular complexity index is 912. The van der Waals surface area contributed by atoms with Gasteiger partial charge in [-0.25, -0.2) is 9.05 Å². The topological polar surface area (TPSA) is 111 Å². The highest BCUT2D eigenvalue weighted by molar-refractivity contribution is 7.47. The van der Waals surface area contributed by atoms with Crippen LogP contribution in [0, 0.1) is 0 Å². The number of unbranched alkanes of at least 4 members (excludes halogenated alkanes) is 28. The van der Waals surface area contributed by atoms with Crippen LogP contribution < -0.4 is 0 Å². The van der Waals surface area contributed by atoms with Crippen LogP contribution in [0.3, 0.4) is 0 Å². The molecule has 328 valence electrons. The molecule has 0 amide bonds. The van der Waals surface area contributed by atoms with Crippen LogP contribution in [0.25, 0.3) is 0 Å². The fraction of sp³-hybridized carbons (Fsp3) is 0.956. The van der Waals surface area contributed by atoms with Gasteiger partial charge in [0.15, 0.2) is 6.10 Å². The number of carbonyl (C=O) groups excluding carboxylic acids is 2. The molecule has 9 nitrogen and oxygen atoms in total. The quantitative estimate of drug-likeness (QED) is 0.0198. The van der Waals surface area contributed by atoms with E-state index >= 15 is 0 Å². The Labute approximate surface area is 340 Å². The van der Waals surface area contributed by atoms with Crippen LogP contribution in [0.2, 0.25) is 0 Å². The van der Waals surface area contributed by atoms with Crippen molar-refractivity contribution < 1.29 is 42.1 Å². The molecule has 0 saturated heterocycles. The van der Waals surface area contributed by atoms with Gasteiger partial charge in [-0.2, -0.15) is 4.57 Å². The molecule has 0 rings (SSSR count). The standard InChI is InChI=1S/C45H90NO8P/c1-6-8-10-12-14-16-18-20-22-24-26-28-30-32-34-37-44(47)51-41-43(42-53-55(49,50)52-40-36-39-46(3,4)5)54-45(48)38-35-33-31-29-27-25-23-21-19-17-15-13-11-9-7-2/h43H,6-42H2,1-5H3/p+2. The molecule has 0 heterocycles. The number of nitrogens with zero attached hydrogens (tertiary/aromatic N) is 1. The molecule has 0 aromatic heterocycles. The first-order valence-electron chi connectivity index (χ1n) is 23.3. The third kappa shape index (κ3) is 42.4. The predicted octanol–water partition coefficient (Wildman–Crippen LogP) is 12.9. The fourth-order valence-corrected chi connectivity index (χ4v) is 7.65. The molecule has 0 aliphatic heterocycles. The Morgan fingerprint density at radius 2 is 0.836 bits per heavy atom. The summed E-state index contributed by atoms with van der Waals surface area (Å²) in [5, 5.41) is 0. The molecule has 10 heteroatoms. The van der Waals surface area contributed by atoms with Crippen molar-refractivity contribution in [3.05, 3.63) is 0 Å². The summed E-state index contributed by atoms with van der Waals surface area (Å²) in [5.74, 6) is -0.741. The van der Waals surface area contributed by atoms with Gasteiger partial charge >= 0.3 is 19.8 Å². The highest BCUT2D eigenvalue weighted by Crippen LogP contribution is 2.43. The van der Waals surface area contributed by atoms with Crippen molar-refractivity contribution in [2.24, 2.45) is 0 Å². The largest absolute Gasteiger partial charge is 0.634 e. The second kappa shape index (κ2) is 38.5. The van der Waals surface area contributed by atoms with Gasteiger partial charge in [0.25, 0.3) is 0 Å². The highest BCUT2D eigenvalue weighted by Gasteiger charge is 2.32. The molecular formula is C45H92NO8P+2. The van der Waals surface area contributed by atoms with Gasteiger partial charge in [0.05, 0.1) is 34.3 Å². The Hall–Kier alpha value is -0.990. The molecule has 0 aromatic carbocycles. The summed E-state index contributed by atoms with van der Waals surface area (Å²) in [6.45, 7) is 4.95. The van der Waals surface area contributed by atoms with Gasteiger partial charge < -0.3 is 18.9 Å². The average Bonchev–Trinajstić information content (AvgIpc) is 3.14. The molecule has 0 bridgehead atoms. The first kappa shape index (κ1) is 54.0. The van der Waals surface area contributed by atoms with Crippen LogP contribution in [0.1, 0.15) is 226 Å². The van der Waals surface area contributed by atoms with Gasteiger partial charge in [-0.15, -0.1) is 0 Å². The van der Waals surface area contributed by atoms with Crippen molar-refractivity contribution in [1.82, 2.24) is 0 Å². The van der Waals surface area contributed by atoms with Crippen molar-refractivity contribution in [2.45, 2.75) is 232 Å². The molecule has 55 heavy (non-hydrogen) atoms. The summed E-state index contributed by atoms with van der Waals surface area (Å²) < 4.78 is 35.0. The lowest BCUT2D eigenvalue weighted by molar-refractivity contribution is -0.870. The minimum absolute atomic E-state index is 0.133. The fourth-order valence-electron chi connectivity index (χ4n) is 6.84. The first-order chi connectivity index (χ1) is 26.5. The van der Waals surface area contributed by atoms with Gasteiger partial charge in [-0.1, -0.05) is 194 Å². The molecule has 0 spiro atoms. The van der Waals surface area contributed by atoms with Crippen LogP contribution in [0.5, 0.6) is 0 Å². The number of ether oxygens (including phenoxy) is 2. The van der Waals surface area contributed by atoms with Gasteiger partial charge in [0.1, 0.15) is 13.2 Å². The molecule has 0 aromatic rings. The van der Waals surface area contributed by atoms with E-state index in [4.69, 9.17) is 23.4 Å². The van der Waals surface area contributed by atoms with E-state index < -0.39 is 19.9 Å². The second-order valence-electron chi connectivity index (χ2n) is 17.2. The lowest BCUT2D eigenvalue weighted by Gasteiger charge is -2.23. The zero-order chi connectivity index (χ0) is 40.7. The molecular weight excluding hydrogens is 713 g/mol.